The van der Waals surface area contributed by atoms with E-state index < -0.39 is 28.6 Å². The number of carboxylic acid groups (broad SMARTS) is 1. The molecular formula is C14H9N3O6. The van der Waals surface area contributed by atoms with Crippen LogP contribution >= 0.6 is 0 Å². The van der Waals surface area contributed by atoms with E-state index in [9.17, 15) is 24.5 Å². The molecule has 0 aliphatic heterocycles. The van der Waals surface area contributed by atoms with Crippen molar-refractivity contribution in [3.05, 3.63) is 61.2 Å². The topological polar surface area (TPSA) is 135 Å². The predicted octanol–water partition coefficient (Wildman–Crippen LogP) is 0.836. The summed E-state index contributed by atoms with van der Waals surface area (Å²) < 4.78 is 0.808. The van der Waals surface area contributed by atoms with Gasteiger partial charge >= 0.3 is 17.1 Å². The van der Waals surface area contributed by atoms with E-state index in [-0.39, 0.29) is 22.1 Å². The summed E-state index contributed by atoms with van der Waals surface area (Å²) in [6.07, 6.45) is 0. The second kappa shape index (κ2) is 5.05. The normalized spacial score (nSPS) is 11.0. The third kappa shape index (κ3) is 2.24. The molecule has 3 aromatic rings. The number of carboxylic acids is 1. The van der Waals surface area contributed by atoms with Gasteiger partial charge in [0.1, 0.15) is 6.54 Å². The minimum absolute atomic E-state index is 0.0289. The molecule has 0 fully saturated rings. The van der Waals surface area contributed by atoms with Gasteiger partial charge in [0.25, 0.3) is 5.69 Å². The molecule has 0 aliphatic carbocycles. The Labute approximate surface area is 126 Å². The first-order valence-corrected chi connectivity index (χ1v) is 6.45. The monoisotopic (exact) mass is 315 g/mol. The van der Waals surface area contributed by atoms with E-state index in [1.807, 2.05) is 0 Å². The Morgan fingerprint density at radius 3 is 2.52 bits per heavy atom. The van der Waals surface area contributed by atoms with Crippen LogP contribution in [0.3, 0.4) is 0 Å². The fourth-order valence-electron chi connectivity index (χ4n) is 2.56. The summed E-state index contributed by atoms with van der Waals surface area (Å²) in [7, 11) is 0. The van der Waals surface area contributed by atoms with Gasteiger partial charge in [0, 0.05) is 11.5 Å². The van der Waals surface area contributed by atoms with Crippen LogP contribution in [0, 0.1) is 10.1 Å². The highest BCUT2D eigenvalue weighted by molar-refractivity contribution is 6.08. The van der Waals surface area contributed by atoms with Gasteiger partial charge in [0.05, 0.1) is 21.3 Å². The number of rotatable bonds is 3. The van der Waals surface area contributed by atoms with E-state index >= 15 is 0 Å². The van der Waals surface area contributed by atoms with E-state index in [0.29, 0.717) is 5.39 Å². The Morgan fingerprint density at radius 2 is 1.91 bits per heavy atom. The van der Waals surface area contributed by atoms with Crippen molar-refractivity contribution in [3.63, 3.8) is 0 Å². The molecule has 0 atom stereocenters. The van der Waals surface area contributed by atoms with Gasteiger partial charge in [-0.25, -0.2) is 0 Å². The molecule has 0 amide bonds. The number of hydrogen-bond donors (Lipinski definition) is 2. The molecular weight excluding hydrogens is 306 g/mol. The van der Waals surface area contributed by atoms with Gasteiger partial charge in [-0.3, -0.25) is 29.1 Å². The van der Waals surface area contributed by atoms with Gasteiger partial charge in [-0.1, -0.05) is 18.2 Å². The molecule has 116 valence electrons. The average Bonchev–Trinajstić information content (AvgIpc) is 2.50. The summed E-state index contributed by atoms with van der Waals surface area (Å²) in [5.74, 6) is -1.30. The number of nitro benzene ring substituents is 1. The minimum atomic E-state index is -1.30. The van der Waals surface area contributed by atoms with Crippen molar-refractivity contribution in [2.75, 3.05) is 0 Å². The van der Waals surface area contributed by atoms with Crippen LogP contribution < -0.4 is 11.1 Å². The third-order valence-electron chi connectivity index (χ3n) is 3.44. The second-order valence-corrected chi connectivity index (χ2v) is 4.83. The quantitative estimate of drug-likeness (QED) is 0.318. The standard InChI is InChI=1S/C14H9N3O6/c18-11(19)6-16-12-8-4-2-1-3-7(8)10(17(22)23)5-9(12)15-13(20)14(16)21/h1-5H,6H2,(H,15,20)(H,18,19). The lowest BCUT2D eigenvalue weighted by atomic mass is 10.1. The smallest absolute Gasteiger partial charge is 0.323 e. The molecule has 3 rings (SSSR count). The second-order valence-electron chi connectivity index (χ2n) is 4.83. The van der Waals surface area contributed by atoms with Gasteiger partial charge in [0.2, 0.25) is 0 Å². The van der Waals surface area contributed by atoms with Gasteiger partial charge in [-0.15, -0.1) is 0 Å². The maximum Gasteiger partial charge on any atom is 0.323 e. The molecule has 0 radical (unpaired) electrons. The number of aromatic nitrogens is 2. The maximum absolute atomic E-state index is 12.0. The Balaban J connectivity index is 2.62. The fourth-order valence-corrected chi connectivity index (χ4v) is 2.56. The summed E-state index contributed by atoms with van der Waals surface area (Å²) in [4.78, 5) is 47.6. The van der Waals surface area contributed by atoms with Crippen molar-refractivity contribution in [3.8, 4) is 0 Å². The van der Waals surface area contributed by atoms with E-state index in [2.05, 4.69) is 4.98 Å². The molecule has 2 N–H and O–H groups in total. The van der Waals surface area contributed by atoms with Crippen LogP contribution in [-0.4, -0.2) is 25.6 Å². The highest BCUT2D eigenvalue weighted by atomic mass is 16.6. The van der Waals surface area contributed by atoms with Crippen molar-refractivity contribution in [2.24, 2.45) is 0 Å². The molecule has 1 aromatic heterocycles. The summed E-state index contributed by atoms with van der Waals surface area (Å²) in [5, 5.41) is 20.8. The lowest BCUT2D eigenvalue weighted by Crippen LogP contribution is -2.37. The molecule has 9 nitrogen and oxygen atoms in total. The highest BCUT2D eigenvalue weighted by Crippen LogP contribution is 2.31. The lowest BCUT2D eigenvalue weighted by molar-refractivity contribution is -0.382. The van der Waals surface area contributed by atoms with Crippen molar-refractivity contribution in [1.29, 1.82) is 0 Å². The highest BCUT2D eigenvalue weighted by Gasteiger charge is 2.19. The first-order valence-electron chi connectivity index (χ1n) is 6.45. The molecule has 0 saturated heterocycles. The molecule has 0 aliphatic rings. The number of non-ortho nitro benzene ring substituents is 1. The first-order chi connectivity index (χ1) is 10.9. The van der Waals surface area contributed by atoms with Crippen LogP contribution in [0.15, 0.2) is 39.9 Å². The number of benzene rings is 2. The number of carbonyl (C=O) groups is 1. The van der Waals surface area contributed by atoms with Crippen LogP contribution in [-0.2, 0) is 11.3 Å². The molecule has 0 spiro atoms. The van der Waals surface area contributed by atoms with Gasteiger partial charge in [0.15, 0.2) is 0 Å². The summed E-state index contributed by atoms with van der Waals surface area (Å²) >= 11 is 0. The molecule has 0 unspecified atom stereocenters. The van der Waals surface area contributed by atoms with Gasteiger partial charge in [-0.05, 0) is 6.07 Å². The van der Waals surface area contributed by atoms with Crippen molar-refractivity contribution in [1.82, 2.24) is 9.55 Å². The number of nitrogens with zero attached hydrogens (tertiary/aromatic N) is 2. The van der Waals surface area contributed by atoms with E-state index in [4.69, 9.17) is 5.11 Å². The number of H-pyrrole nitrogens is 1. The molecule has 0 bridgehead atoms. The fraction of sp³-hybridized carbons (Fsp3) is 0.0714. The maximum atomic E-state index is 12.0. The Bertz CT molecular complexity index is 1100. The van der Waals surface area contributed by atoms with Gasteiger partial charge in [-0.2, -0.15) is 0 Å². The van der Waals surface area contributed by atoms with E-state index in [1.165, 1.54) is 12.1 Å². The number of nitrogens with one attached hydrogen (secondary N) is 1. The predicted molar refractivity (Wildman–Crippen MR) is 80.6 cm³/mol. The molecule has 0 saturated carbocycles. The zero-order valence-electron chi connectivity index (χ0n) is 11.5. The largest absolute Gasteiger partial charge is 0.480 e. The van der Waals surface area contributed by atoms with Gasteiger partial charge < -0.3 is 10.1 Å². The summed E-state index contributed by atoms with van der Waals surface area (Å²) in [5.41, 5.74) is -2.15. The Morgan fingerprint density at radius 1 is 1.26 bits per heavy atom. The Hall–Kier alpha value is -3.49. The zero-order chi connectivity index (χ0) is 16.7. The molecule has 23 heavy (non-hydrogen) atoms. The van der Waals surface area contributed by atoms with Crippen molar-refractivity contribution >= 4 is 33.5 Å². The number of nitro groups is 1. The van der Waals surface area contributed by atoms with Crippen LogP contribution in [0.5, 0.6) is 0 Å². The zero-order valence-corrected chi connectivity index (χ0v) is 11.5. The number of aromatic amines is 1. The van der Waals surface area contributed by atoms with Crippen LogP contribution in [0.1, 0.15) is 0 Å². The number of aliphatic carboxylic acids is 1. The van der Waals surface area contributed by atoms with Crippen LogP contribution in [0.2, 0.25) is 0 Å². The first kappa shape index (κ1) is 14.4. The molecule has 2 aromatic carbocycles. The van der Waals surface area contributed by atoms with E-state index in [0.717, 1.165) is 10.6 Å². The average molecular weight is 315 g/mol. The van der Waals surface area contributed by atoms with Crippen LogP contribution in [0.4, 0.5) is 5.69 Å². The van der Waals surface area contributed by atoms with Crippen LogP contribution in [0.25, 0.3) is 21.8 Å². The number of fused-ring (bicyclic) bond motifs is 3. The lowest BCUT2D eigenvalue weighted by Gasteiger charge is -2.10. The van der Waals surface area contributed by atoms with Crippen molar-refractivity contribution in [2.45, 2.75) is 6.54 Å². The third-order valence-corrected chi connectivity index (χ3v) is 3.44. The molecule has 9 heteroatoms. The summed E-state index contributed by atoms with van der Waals surface area (Å²) in [6, 6.07) is 7.34. The van der Waals surface area contributed by atoms with E-state index in [1.54, 1.807) is 12.1 Å². The Kier molecular flexibility index (Phi) is 3.17. The van der Waals surface area contributed by atoms with Crippen molar-refractivity contribution < 1.29 is 14.8 Å². The SMILES string of the molecule is O=C(O)Cn1c(=O)c(=O)[nH]c2cc([N+](=O)[O-])c3ccccc3c21. The number of hydrogen-bond acceptors (Lipinski definition) is 5. The molecule has 1 heterocycles. The summed E-state index contributed by atoms with van der Waals surface area (Å²) in [6.45, 7) is -0.721. The minimum Gasteiger partial charge on any atom is -0.480 e.